The number of benzene rings is 2. The van der Waals surface area contributed by atoms with E-state index in [0.717, 1.165) is 41.0 Å². The Bertz CT molecular complexity index is 787. The summed E-state index contributed by atoms with van der Waals surface area (Å²) in [5.74, 6) is 0. The summed E-state index contributed by atoms with van der Waals surface area (Å²) in [4.78, 5) is 4.73. The number of pyridine rings is 1. The van der Waals surface area contributed by atoms with Crippen molar-refractivity contribution in [1.29, 1.82) is 0 Å². The Morgan fingerprint density at radius 3 is 2.48 bits per heavy atom. The minimum Gasteiger partial charge on any atom is -0.383 e. The Morgan fingerprint density at radius 2 is 1.64 bits per heavy atom. The van der Waals surface area contributed by atoms with Gasteiger partial charge in [0.25, 0.3) is 0 Å². The van der Waals surface area contributed by atoms with Gasteiger partial charge >= 0.3 is 0 Å². The first-order valence-corrected chi connectivity index (χ1v) is 8.72. The monoisotopic (exact) mass is 336 g/mol. The first-order valence-electron chi connectivity index (χ1n) is 8.72. The van der Waals surface area contributed by atoms with Crippen molar-refractivity contribution >= 4 is 16.6 Å². The molecule has 2 aromatic carbocycles. The molecule has 1 N–H and O–H groups in total. The number of fused-ring (bicyclic) bond motifs is 1. The molecule has 0 spiro atoms. The SMILES string of the molecule is CCOCCOCCNc1ccc(-c2ccc3ccccc3n2)cc1. The molecular formula is C21H24N2O2. The van der Waals surface area contributed by atoms with Crippen LogP contribution in [0.5, 0.6) is 0 Å². The van der Waals surface area contributed by atoms with Crippen molar-refractivity contribution in [2.24, 2.45) is 0 Å². The number of anilines is 1. The largest absolute Gasteiger partial charge is 0.383 e. The molecule has 4 heteroatoms. The Kier molecular flexibility index (Phi) is 6.37. The minimum absolute atomic E-state index is 0.641. The maximum atomic E-state index is 5.49. The molecule has 0 saturated carbocycles. The number of nitrogens with zero attached hydrogens (tertiary/aromatic N) is 1. The van der Waals surface area contributed by atoms with Gasteiger partial charge in [-0.15, -0.1) is 0 Å². The minimum atomic E-state index is 0.641. The van der Waals surface area contributed by atoms with Crippen LogP contribution in [0.2, 0.25) is 0 Å². The fourth-order valence-electron chi connectivity index (χ4n) is 2.62. The lowest BCUT2D eigenvalue weighted by molar-refractivity contribution is 0.0570. The van der Waals surface area contributed by atoms with E-state index in [2.05, 4.69) is 47.8 Å². The zero-order chi connectivity index (χ0) is 17.3. The third-order valence-electron chi connectivity index (χ3n) is 3.93. The molecule has 3 rings (SSSR count). The maximum Gasteiger partial charge on any atom is 0.0709 e. The van der Waals surface area contributed by atoms with Gasteiger partial charge in [-0.25, -0.2) is 4.98 Å². The second kappa shape index (κ2) is 9.16. The van der Waals surface area contributed by atoms with Crippen molar-refractivity contribution in [3.63, 3.8) is 0 Å². The van der Waals surface area contributed by atoms with E-state index < -0.39 is 0 Å². The van der Waals surface area contributed by atoms with E-state index in [-0.39, 0.29) is 0 Å². The number of rotatable bonds is 9. The molecule has 25 heavy (non-hydrogen) atoms. The molecule has 0 aliphatic carbocycles. The zero-order valence-corrected chi connectivity index (χ0v) is 14.6. The molecule has 130 valence electrons. The van der Waals surface area contributed by atoms with Crippen LogP contribution in [0.1, 0.15) is 6.92 Å². The Labute approximate surface area is 148 Å². The van der Waals surface area contributed by atoms with Gasteiger partial charge in [0.2, 0.25) is 0 Å². The molecule has 4 nitrogen and oxygen atoms in total. The summed E-state index contributed by atoms with van der Waals surface area (Å²) in [5.41, 5.74) is 4.21. The van der Waals surface area contributed by atoms with Gasteiger partial charge in [-0.2, -0.15) is 0 Å². The first kappa shape index (κ1) is 17.4. The molecule has 0 bridgehead atoms. The van der Waals surface area contributed by atoms with E-state index in [0.29, 0.717) is 19.8 Å². The summed E-state index contributed by atoms with van der Waals surface area (Å²) in [6.45, 7) is 5.46. The van der Waals surface area contributed by atoms with Crippen LogP contribution in [0.15, 0.2) is 60.7 Å². The lowest BCUT2D eigenvalue weighted by Gasteiger charge is -2.09. The van der Waals surface area contributed by atoms with E-state index in [1.807, 2.05) is 25.1 Å². The smallest absolute Gasteiger partial charge is 0.0709 e. The van der Waals surface area contributed by atoms with Crippen molar-refractivity contribution in [3.05, 3.63) is 60.7 Å². The highest BCUT2D eigenvalue weighted by molar-refractivity contribution is 5.81. The van der Waals surface area contributed by atoms with E-state index in [9.17, 15) is 0 Å². The Hall–Kier alpha value is -2.43. The Morgan fingerprint density at radius 1 is 0.840 bits per heavy atom. The summed E-state index contributed by atoms with van der Waals surface area (Å²) in [6.07, 6.45) is 0. The number of para-hydroxylation sites is 1. The van der Waals surface area contributed by atoms with Gasteiger partial charge in [-0.3, -0.25) is 0 Å². The molecule has 0 aliphatic rings. The molecule has 0 aliphatic heterocycles. The van der Waals surface area contributed by atoms with Crippen LogP contribution in [0, 0.1) is 0 Å². The van der Waals surface area contributed by atoms with Crippen molar-refractivity contribution in [1.82, 2.24) is 4.98 Å². The van der Waals surface area contributed by atoms with Crippen LogP contribution in [0.4, 0.5) is 5.69 Å². The van der Waals surface area contributed by atoms with Crippen molar-refractivity contribution in [2.45, 2.75) is 6.92 Å². The lowest BCUT2D eigenvalue weighted by Crippen LogP contribution is -2.12. The Balaban J connectivity index is 1.53. The third kappa shape index (κ3) is 5.02. The highest BCUT2D eigenvalue weighted by Crippen LogP contribution is 2.22. The van der Waals surface area contributed by atoms with Crippen molar-refractivity contribution < 1.29 is 9.47 Å². The first-order chi connectivity index (χ1) is 12.4. The zero-order valence-electron chi connectivity index (χ0n) is 14.6. The summed E-state index contributed by atoms with van der Waals surface area (Å²) in [5, 5.41) is 4.52. The second-order valence-corrected chi connectivity index (χ2v) is 5.70. The average Bonchev–Trinajstić information content (AvgIpc) is 2.67. The highest BCUT2D eigenvalue weighted by Gasteiger charge is 2.01. The fraction of sp³-hybridized carbons (Fsp3) is 0.286. The van der Waals surface area contributed by atoms with Gasteiger partial charge < -0.3 is 14.8 Å². The molecule has 0 amide bonds. The standard InChI is InChI=1S/C21H24N2O2/c1-2-24-15-16-25-14-13-22-19-10-7-18(8-11-19)21-12-9-17-5-3-4-6-20(17)23-21/h3-12,22H,2,13-16H2,1H3. The van der Waals surface area contributed by atoms with Gasteiger partial charge in [0.15, 0.2) is 0 Å². The number of hydrogen-bond acceptors (Lipinski definition) is 4. The summed E-state index contributed by atoms with van der Waals surface area (Å²) in [6, 6.07) is 20.7. The summed E-state index contributed by atoms with van der Waals surface area (Å²) >= 11 is 0. The van der Waals surface area contributed by atoms with Gasteiger partial charge in [0.05, 0.1) is 31.0 Å². The topological polar surface area (TPSA) is 43.4 Å². The second-order valence-electron chi connectivity index (χ2n) is 5.70. The number of ether oxygens (including phenoxy) is 2. The van der Waals surface area contributed by atoms with Crippen LogP contribution in [0.3, 0.4) is 0 Å². The van der Waals surface area contributed by atoms with Gasteiger partial charge in [-0.05, 0) is 31.2 Å². The molecule has 0 atom stereocenters. The van der Waals surface area contributed by atoms with Gasteiger partial charge in [0, 0.05) is 29.8 Å². The van der Waals surface area contributed by atoms with Crippen LogP contribution < -0.4 is 5.32 Å². The van der Waals surface area contributed by atoms with Crippen LogP contribution in [-0.2, 0) is 9.47 Å². The van der Waals surface area contributed by atoms with E-state index >= 15 is 0 Å². The average molecular weight is 336 g/mol. The molecule has 0 radical (unpaired) electrons. The van der Waals surface area contributed by atoms with E-state index in [1.165, 1.54) is 0 Å². The van der Waals surface area contributed by atoms with Crippen molar-refractivity contribution in [2.75, 3.05) is 38.3 Å². The molecule has 0 unspecified atom stereocenters. The molecular weight excluding hydrogens is 312 g/mol. The molecule has 1 heterocycles. The van der Waals surface area contributed by atoms with E-state index in [1.54, 1.807) is 0 Å². The normalized spacial score (nSPS) is 10.9. The summed E-state index contributed by atoms with van der Waals surface area (Å²) in [7, 11) is 0. The highest BCUT2D eigenvalue weighted by atomic mass is 16.5. The third-order valence-corrected chi connectivity index (χ3v) is 3.93. The lowest BCUT2D eigenvalue weighted by atomic mass is 10.1. The predicted molar refractivity (Wildman–Crippen MR) is 103 cm³/mol. The van der Waals surface area contributed by atoms with Gasteiger partial charge in [-0.1, -0.05) is 36.4 Å². The van der Waals surface area contributed by atoms with Crippen LogP contribution in [-0.4, -0.2) is 38.0 Å². The number of nitrogens with one attached hydrogen (secondary N) is 1. The van der Waals surface area contributed by atoms with Crippen LogP contribution >= 0.6 is 0 Å². The molecule has 1 aromatic heterocycles. The quantitative estimate of drug-likeness (QED) is 0.589. The van der Waals surface area contributed by atoms with Gasteiger partial charge in [0.1, 0.15) is 0 Å². The van der Waals surface area contributed by atoms with E-state index in [4.69, 9.17) is 14.5 Å². The van der Waals surface area contributed by atoms with Crippen molar-refractivity contribution in [3.8, 4) is 11.3 Å². The maximum absolute atomic E-state index is 5.49. The molecule has 0 saturated heterocycles. The number of aromatic nitrogens is 1. The number of hydrogen-bond donors (Lipinski definition) is 1. The fourth-order valence-corrected chi connectivity index (χ4v) is 2.62. The predicted octanol–water partition coefficient (Wildman–Crippen LogP) is 4.37. The summed E-state index contributed by atoms with van der Waals surface area (Å²) < 4.78 is 10.7. The molecule has 3 aromatic rings. The van der Waals surface area contributed by atoms with Crippen LogP contribution in [0.25, 0.3) is 22.2 Å². The molecule has 0 fully saturated rings.